The Morgan fingerprint density at radius 1 is 0.783 bits per heavy atom. The lowest BCUT2D eigenvalue weighted by atomic mass is 10.2. The Kier molecular flexibility index (Phi) is 4.69. The van der Waals surface area contributed by atoms with E-state index in [1.807, 2.05) is 65.7 Å². The van der Waals surface area contributed by atoms with Crippen molar-refractivity contribution in [2.45, 2.75) is 6.54 Å². The Hall–Kier alpha value is -3.07. The van der Waals surface area contributed by atoms with Crippen molar-refractivity contribution < 1.29 is 5.11 Å². The van der Waals surface area contributed by atoms with Crippen LogP contribution < -0.4 is 5.01 Å². The third-order valence-electron chi connectivity index (χ3n) is 3.50. The van der Waals surface area contributed by atoms with Gasteiger partial charge < -0.3 is 5.11 Å². The van der Waals surface area contributed by atoms with Crippen LogP contribution in [0.2, 0.25) is 0 Å². The summed E-state index contributed by atoms with van der Waals surface area (Å²) >= 11 is 0. The van der Waals surface area contributed by atoms with Crippen molar-refractivity contribution in [3.63, 3.8) is 0 Å². The highest BCUT2D eigenvalue weighted by Crippen LogP contribution is 2.18. The smallest absolute Gasteiger partial charge is 0.124 e. The van der Waals surface area contributed by atoms with E-state index in [9.17, 15) is 5.11 Å². The molecule has 0 saturated carbocycles. The normalized spacial score (nSPS) is 10.8. The molecular formula is C20H18N2O. The van der Waals surface area contributed by atoms with Crippen LogP contribution in [-0.4, -0.2) is 11.3 Å². The summed E-state index contributed by atoms with van der Waals surface area (Å²) in [6.07, 6.45) is 1.69. The first-order chi connectivity index (χ1) is 11.3. The van der Waals surface area contributed by atoms with Crippen molar-refractivity contribution in [3.8, 4) is 5.75 Å². The van der Waals surface area contributed by atoms with Crippen LogP contribution in [0.25, 0.3) is 0 Å². The molecule has 3 aromatic carbocycles. The fraction of sp³-hybridized carbons (Fsp3) is 0.0500. The quantitative estimate of drug-likeness (QED) is 0.559. The number of hydrazone groups is 1. The van der Waals surface area contributed by atoms with Gasteiger partial charge in [-0.25, -0.2) is 0 Å². The van der Waals surface area contributed by atoms with Crippen LogP contribution in [0.4, 0.5) is 5.69 Å². The van der Waals surface area contributed by atoms with Gasteiger partial charge >= 0.3 is 0 Å². The zero-order valence-electron chi connectivity index (χ0n) is 12.7. The van der Waals surface area contributed by atoms with Gasteiger partial charge in [0, 0.05) is 5.56 Å². The van der Waals surface area contributed by atoms with E-state index in [1.165, 1.54) is 5.56 Å². The number of phenolic OH excluding ortho intramolecular Hbond substituents is 1. The van der Waals surface area contributed by atoms with Gasteiger partial charge in [0.25, 0.3) is 0 Å². The molecule has 0 fully saturated rings. The third-order valence-corrected chi connectivity index (χ3v) is 3.50. The first-order valence-electron chi connectivity index (χ1n) is 7.51. The maximum atomic E-state index is 9.87. The highest BCUT2D eigenvalue weighted by Gasteiger charge is 2.05. The summed E-state index contributed by atoms with van der Waals surface area (Å²) in [6, 6.07) is 27.4. The maximum absolute atomic E-state index is 9.87. The maximum Gasteiger partial charge on any atom is 0.124 e. The molecule has 0 saturated heterocycles. The summed E-state index contributed by atoms with van der Waals surface area (Å²) in [6.45, 7) is 0.662. The molecule has 0 bridgehead atoms. The highest BCUT2D eigenvalue weighted by atomic mass is 16.3. The van der Waals surface area contributed by atoms with E-state index in [4.69, 9.17) is 0 Å². The molecule has 0 aliphatic heterocycles. The van der Waals surface area contributed by atoms with Gasteiger partial charge in [-0.3, -0.25) is 5.01 Å². The molecule has 0 aromatic heterocycles. The second-order valence-corrected chi connectivity index (χ2v) is 5.18. The van der Waals surface area contributed by atoms with Gasteiger partial charge in [-0.2, -0.15) is 5.10 Å². The number of benzene rings is 3. The molecule has 3 heteroatoms. The molecule has 3 nitrogen and oxygen atoms in total. The predicted octanol–water partition coefficient (Wildman–Crippen LogP) is 4.43. The predicted molar refractivity (Wildman–Crippen MR) is 94.8 cm³/mol. The zero-order chi connectivity index (χ0) is 15.9. The zero-order valence-corrected chi connectivity index (χ0v) is 12.7. The van der Waals surface area contributed by atoms with E-state index in [0.717, 1.165) is 5.69 Å². The largest absolute Gasteiger partial charge is 0.507 e. The summed E-state index contributed by atoms with van der Waals surface area (Å²) in [7, 11) is 0. The SMILES string of the molecule is Oc1ccccc1/C=N/N(Cc1ccccc1)c1ccccc1. The van der Waals surface area contributed by atoms with Crippen molar-refractivity contribution >= 4 is 11.9 Å². The van der Waals surface area contributed by atoms with E-state index in [1.54, 1.807) is 18.3 Å². The van der Waals surface area contributed by atoms with Crippen molar-refractivity contribution in [3.05, 3.63) is 96.1 Å². The Morgan fingerprint density at radius 2 is 1.39 bits per heavy atom. The average molecular weight is 302 g/mol. The van der Waals surface area contributed by atoms with Crippen molar-refractivity contribution in [1.29, 1.82) is 0 Å². The number of hydrogen-bond acceptors (Lipinski definition) is 3. The van der Waals surface area contributed by atoms with Crippen LogP contribution in [0.5, 0.6) is 5.75 Å². The number of aromatic hydroxyl groups is 1. The molecule has 114 valence electrons. The first-order valence-corrected chi connectivity index (χ1v) is 7.51. The summed E-state index contributed by atoms with van der Waals surface area (Å²) < 4.78 is 0. The van der Waals surface area contributed by atoms with Gasteiger partial charge in [-0.15, -0.1) is 0 Å². The van der Waals surface area contributed by atoms with Gasteiger partial charge in [0.1, 0.15) is 5.75 Å². The van der Waals surface area contributed by atoms with E-state index in [-0.39, 0.29) is 5.75 Å². The molecule has 3 rings (SSSR count). The second-order valence-electron chi connectivity index (χ2n) is 5.18. The number of hydrogen-bond donors (Lipinski definition) is 1. The van der Waals surface area contributed by atoms with Crippen molar-refractivity contribution in [1.82, 2.24) is 0 Å². The van der Waals surface area contributed by atoms with Gasteiger partial charge in [0.15, 0.2) is 0 Å². The van der Waals surface area contributed by atoms with Crippen LogP contribution in [0.15, 0.2) is 90.0 Å². The van der Waals surface area contributed by atoms with Crippen molar-refractivity contribution in [2.24, 2.45) is 5.10 Å². The van der Waals surface area contributed by atoms with E-state index >= 15 is 0 Å². The van der Waals surface area contributed by atoms with Gasteiger partial charge in [0.2, 0.25) is 0 Å². The molecule has 1 N–H and O–H groups in total. The molecule has 0 amide bonds. The molecule has 3 aromatic rings. The Balaban J connectivity index is 1.88. The second kappa shape index (κ2) is 7.27. The molecule has 0 radical (unpaired) electrons. The standard InChI is InChI=1S/C20H18N2O/c23-20-14-8-7-11-18(20)15-21-22(19-12-5-2-6-13-19)16-17-9-3-1-4-10-17/h1-15,23H,16H2/b21-15+. The molecule has 0 aliphatic carbocycles. The molecule has 23 heavy (non-hydrogen) atoms. The topological polar surface area (TPSA) is 35.8 Å². The molecule has 0 unspecified atom stereocenters. The Bertz CT molecular complexity index is 770. The van der Waals surface area contributed by atoms with E-state index in [2.05, 4.69) is 17.2 Å². The van der Waals surface area contributed by atoms with Gasteiger partial charge in [-0.05, 0) is 29.8 Å². The molecular weight excluding hydrogens is 284 g/mol. The number of para-hydroxylation sites is 2. The average Bonchev–Trinajstić information content (AvgIpc) is 2.61. The Morgan fingerprint density at radius 3 is 2.09 bits per heavy atom. The molecule has 0 aliphatic rings. The van der Waals surface area contributed by atoms with Crippen LogP contribution in [0.1, 0.15) is 11.1 Å². The lowest BCUT2D eigenvalue weighted by molar-refractivity contribution is 0.474. The van der Waals surface area contributed by atoms with Crippen LogP contribution in [-0.2, 0) is 6.54 Å². The summed E-state index contributed by atoms with van der Waals surface area (Å²) in [5.41, 5.74) is 2.87. The first kappa shape index (κ1) is 14.9. The minimum Gasteiger partial charge on any atom is -0.507 e. The minimum absolute atomic E-state index is 0.226. The van der Waals surface area contributed by atoms with Crippen LogP contribution in [0.3, 0.4) is 0 Å². The summed E-state index contributed by atoms with van der Waals surface area (Å²) in [5.74, 6) is 0.226. The number of anilines is 1. The van der Waals surface area contributed by atoms with Gasteiger partial charge in [0.05, 0.1) is 18.4 Å². The summed E-state index contributed by atoms with van der Waals surface area (Å²) in [5, 5.41) is 16.4. The van der Waals surface area contributed by atoms with E-state index in [0.29, 0.717) is 12.1 Å². The van der Waals surface area contributed by atoms with Crippen LogP contribution >= 0.6 is 0 Å². The monoisotopic (exact) mass is 302 g/mol. The lowest BCUT2D eigenvalue weighted by Gasteiger charge is -2.19. The van der Waals surface area contributed by atoms with E-state index < -0.39 is 0 Å². The Labute approximate surface area is 136 Å². The minimum atomic E-state index is 0.226. The number of nitrogens with zero attached hydrogens (tertiary/aromatic N) is 2. The highest BCUT2D eigenvalue weighted by molar-refractivity contribution is 5.83. The molecule has 0 atom stereocenters. The fourth-order valence-electron chi connectivity index (χ4n) is 2.28. The van der Waals surface area contributed by atoms with Crippen molar-refractivity contribution in [2.75, 3.05) is 5.01 Å². The summed E-state index contributed by atoms with van der Waals surface area (Å²) in [4.78, 5) is 0. The number of phenols is 1. The molecule has 0 spiro atoms. The number of rotatable bonds is 5. The van der Waals surface area contributed by atoms with Gasteiger partial charge in [-0.1, -0.05) is 60.7 Å². The van der Waals surface area contributed by atoms with Crippen LogP contribution in [0, 0.1) is 0 Å². The third kappa shape index (κ3) is 3.98. The molecule has 0 heterocycles. The lowest BCUT2D eigenvalue weighted by Crippen LogP contribution is -2.16. The fourth-order valence-corrected chi connectivity index (χ4v) is 2.28.